The predicted molar refractivity (Wildman–Crippen MR) is 107 cm³/mol. The third-order valence-corrected chi connectivity index (χ3v) is 7.01. The summed E-state index contributed by atoms with van der Waals surface area (Å²) in [6.07, 6.45) is 7.91. The van der Waals surface area contributed by atoms with Gasteiger partial charge in [-0.15, -0.1) is 0 Å². The minimum Gasteiger partial charge on any atom is -0.376 e. The fourth-order valence-electron chi connectivity index (χ4n) is 4.19. The number of fused-ring (bicyclic) bond motifs is 1. The number of rotatable bonds is 4. The maximum Gasteiger partial charge on any atom is 0.231 e. The van der Waals surface area contributed by atoms with Crippen LogP contribution in [-0.2, 0) is 9.53 Å². The van der Waals surface area contributed by atoms with Gasteiger partial charge in [0.05, 0.1) is 22.9 Å². The van der Waals surface area contributed by atoms with Crippen molar-refractivity contribution in [3.63, 3.8) is 0 Å². The van der Waals surface area contributed by atoms with Gasteiger partial charge in [0.25, 0.3) is 0 Å². The quantitative estimate of drug-likeness (QED) is 0.758. The van der Waals surface area contributed by atoms with E-state index in [0.29, 0.717) is 6.54 Å². The van der Waals surface area contributed by atoms with Crippen LogP contribution in [0.4, 0.5) is 5.13 Å². The van der Waals surface area contributed by atoms with Gasteiger partial charge in [-0.05, 0) is 50.7 Å². The van der Waals surface area contributed by atoms with E-state index < -0.39 is 0 Å². The van der Waals surface area contributed by atoms with Crippen LogP contribution in [0.25, 0.3) is 10.2 Å². The Morgan fingerprint density at radius 3 is 2.62 bits per heavy atom. The van der Waals surface area contributed by atoms with Crippen molar-refractivity contribution < 1.29 is 9.53 Å². The summed E-state index contributed by atoms with van der Waals surface area (Å²) in [7, 11) is 0. The summed E-state index contributed by atoms with van der Waals surface area (Å²) < 4.78 is 7.05. The molecule has 2 fully saturated rings. The molecule has 1 saturated heterocycles. The van der Waals surface area contributed by atoms with E-state index in [0.717, 1.165) is 42.9 Å². The molecule has 0 bridgehead atoms. The molecular weight excluding hydrogens is 344 g/mol. The van der Waals surface area contributed by atoms with Gasteiger partial charge in [0.2, 0.25) is 5.91 Å². The number of carbonyl (C=O) groups is 1. The van der Waals surface area contributed by atoms with Crippen molar-refractivity contribution in [3.8, 4) is 0 Å². The molecular formula is C21H28N2O2S. The Balaban J connectivity index is 1.68. The molecule has 1 saturated carbocycles. The number of hydrogen-bond donors (Lipinski definition) is 0. The van der Waals surface area contributed by atoms with E-state index in [1.165, 1.54) is 35.1 Å². The van der Waals surface area contributed by atoms with Gasteiger partial charge in [-0.1, -0.05) is 42.7 Å². The fourth-order valence-corrected chi connectivity index (χ4v) is 5.31. The standard InChI is InChI=1S/C21H28N2O2S/c1-14-10-11-15(2)19-18(14)22-21(26-19)23(13-17-9-6-12-25-17)20(24)16-7-4-3-5-8-16/h10-11,16-17H,3-9,12-13H2,1-2H3. The average molecular weight is 373 g/mol. The van der Waals surface area contributed by atoms with E-state index >= 15 is 0 Å². The minimum absolute atomic E-state index is 0.150. The monoisotopic (exact) mass is 372 g/mol. The number of hydrogen-bond acceptors (Lipinski definition) is 4. The smallest absolute Gasteiger partial charge is 0.231 e. The lowest BCUT2D eigenvalue weighted by Gasteiger charge is -2.29. The first-order chi connectivity index (χ1) is 12.6. The highest BCUT2D eigenvalue weighted by atomic mass is 32.1. The van der Waals surface area contributed by atoms with Crippen LogP contribution in [-0.4, -0.2) is 30.1 Å². The molecule has 1 aromatic heterocycles. The summed E-state index contributed by atoms with van der Waals surface area (Å²) in [4.78, 5) is 20.2. The Bertz CT molecular complexity index is 750. The largest absolute Gasteiger partial charge is 0.376 e. The Morgan fingerprint density at radius 1 is 1.15 bits per heavy atom. The maximum atomic E-state index is 13.4. The van der Waals surface area contributed by atoms with E-state index in [4.69, 9.17) is 9.72 Å². The molecule has 1 amide bonds. The number of aryl methyl sites for hydroxylation is 2. The summed E-state index contributed by atoms with van der Waals surface area (Å²) in [6, 6.07) is 4.27. The highest BCUT2D eigenvalue weighted by molar-refractivity contribution is 7.22. The molecule has 140 valence electrons. The van der Waals surface area contributed by atoms with Crippen molar-refractivity contribution in [2.24, 2.45) is 5.92 Å². The summed E-state index contributed by atoms with van der Waals surface area (Å²) in [6.45, 7) is 5.68. The summed E-state index contributed by atoms with van der Waals surface area (Å²) in [5.41, 5.74) is 3.45. The molecule has 26 heavy (non-hydrogen) atoms. The van der Waals surface area contributed by atoms with Crippen LogP contribution in [0.1, 0.15) is 56.1 Å². The van der Waals surface area contributed by atoms with Crippen LogP contribution in [0.3, 0.4) is 0 Å². The second-order valence-electron chi connectivity index (χ2n) is 7.79. The van der Waals surface area contributed by atoms with Crippen LogP contribution in [0.5, 0.6) is 0 Å². The highest BCUT2D eigenvalue weighted by Crippen LogP contribution is 2.35. The molecule has 0 N–H and O–H groups in total. The molecule has 2 aliphatic rings. The minimum atomic E-state index is 0.150. The molecule has 1 unspecified atom stereocenters. The van der Waals surface area contributed by atoms with Crippen molar-refractivity contribution in [3.05, 3.63) is 23.3 Å². The van der Waals surface area contributed by atoms with Gasteiger partial charge in [-0.2, -0.15) is 0 Å². The lowest BCUT2D eigenvalue weighted by Crippen LogP contribution is -2.41. The molecule has 1 aliphatic heterocycles. The Morgan fingerprint density at radius 2 is 1.92 bits per heavy atom. The number of ether oxygens (including phenoxy) is 1. The maximum absolute atomic E-state index is 13.4. The van der Waals surface area contributed by atoms with Crippen molar-refractivity contribution >= 4 is 32.6 Å². The topological polar surface area (TPSA) is 42.4 Å². The average Bonchev–Trinajstić information content (AvgIpc) is 3.33. The van der Waals surface area contributed by atoms with Gasteiger partial charge in [-0.25, -0.2) is 4.98 Å². The SMILES string of the molecule is Cc1ccc(C)c2sc(N(CC3CCCO3)C(=O)C3CCCCC3)nc12. The zero-order valence-electron chi connectivity index (χ0n) is 15.8. The Labute approximate surface area is 159 Å². The number of nitrogens with zero attached hydrogens (tertiary/aromatic N) is 2. The molecule has 0 radical (unpaired) electrons. The lowest BCUT2D eigenvalue weighted by molar-refractivity contribution is -0.123. The van der Waals surface area contributed by atoms with Crippen LogP contribution >= 0.6 is 11.3 Å². The van der Waals surface area contributed by atoms with E-state index in [9.17, 15) is 4.79 Å². The molecule has 2 heterocycles. The molecule has 1 aromatic carbocycles. The molecule has 5 heteroatoms. The van der Waals surface area contributed by atoms with Crippen molar-refractivity contribution in [1.29, 1.82) is 0 Å². The van der Waals surface area contributed by atoms with Crippen LogP contribution in [0, 0.1) is 19.8 Å². The lowest BCUT2D eigenvalue weighted by atomic mass is 9.88. The summed E-state index contributed by atoms with van der Waals surface area (Å²) >= 11 is 1.66. The van der Waals surface area contributed by atoms with E-state index in [-0.39, 0.29) is 17.9 Å². The molecule has 0 spiro atoms. The number of carbonyl (C=O) groups excluding carboxylic acids is 1. The van der Waals surface area contributed by atoms with Crippen molar-refractivity contribution in [2.45, 2.75) is 64.9 Å². The zero-order valence-corrected chi connectivity index (χ0v) is 16.6. The second-order valence-corrected chi connectivity index (χ2v) is 8.77. The third kappa shape index (κ3) is 3.52. The number of amides is 1. The second kappa shape index (κ2) is 7.65. The fraction of sp³-hybridized carbons (Fsp3) is 0.619. The first-order valence-corrected chi connectivity index (χ1v) is 10.7. The third-order valence-electron chi connectivity index (χ3n) is 5.79. The van der Waals surface area contributed by atoms with Gasteiger partial charge in [0, 0.05) is 12.5 Å². The number of thiazole rings is 1. The molecule has 2 aromatic rings. The van der Waals surface area contributed by atoms with E-state index in [2.05, 4.69) is 26.0 Å². The van der Waals surface area contributed by atoms with Gasteiger partial charge in [-0.3, -0.25) is 9.69 Å². The Hall–Kier alpha value is -1.46. The van der Waals surface area contributed by atoms with Gasteiger partial charge >= 0.3 is 0 Å². The van der Waals surface area contributed by atoms with E-state index in [1.807, 2.05) is 4.90 Å². The number of anilines is 1. The number of benzene rings is 1. The first-order valence-electron chi connectivity index (χ1n) is 9.93. The Kier molecular flexibility index (Phi) is 5.28. The highest BCUT2D eigenvalue weighted by Gasteiger charge is 2.31. The first kappa shape index (κ1) is 17.9. The molecule has 4 rings (SSSR count). The zero-order chi connectivity index (χ0) is 18.1. The predicted octanol–water partition coefficient (Wildman–Crippen LogP) is 5.01. The number of aromatic nitrogens is 1. The molecule has 4 nitrogen and oxygen atoms in total. The molecule has 1 atom stereocenters. The van der Waals surface area contributed by atoms with Crippen LogP contribution in [0.2, 0.25) is 0 Å². The van der Waals surface area contributed by atoms with E-state index in [1.54, 1.807) is 11.3 Å². The summed E-state index contributed by atoms with van der Waals surface area (Å²) in [5.74, 6) is 0.411. The van der Waals surface area contributed by atoms with Crippen molar-refractivity contribution in [1.82, 2.24) is 4.98 Å². The van der Waals surface area contributed by atoms with Crippen LogP contribution < -0.4 is 4.90 Å². The van der Waals surface area contributed by atoms with Gasteiger partial charge in [0.1, 0.15) is 0 Å². The van der Waals surface area contributed by atoms with Crippen molar-refractivity contribution in [2.75, 3.05) is 18.1 Å². The van der Waals surface area contributed by atoms with Gasteiger partial charge < -0.3 is 4.74 Å². The summed E-state index contributed by atoms with van der Waals surface area (Å²) in [5, 5.41) is 0.850. The molecule has 1 aliphatic carbocycles. The normalized spacial score (nSPS) is 21.4. The van der Waals surface area contributed by atoms with Crippen LogP contribution in [0.15, 0.2) is 12.1 Å². The van der Waals surface area contributed by atoms with Gasteiger partial charge in [0.15, 0.2) is 5.13 Å².